The maximum absolute atomic E-state index is 10.8. The van der Waals surface area contributed by atoms with Gasteiger partial charge in [0, 0.05) is 8.95 Å². The zero-order chi connectivity index (χ0) is 10.2. The summed E-state index contributed by atoms with van der Waals surface area (Å²) in [6.45, 7) is 0. The third-order valence-corrected chi connectivity index (χ3v) is 3.34. The highest BCUT2D eigenvalue weighted by atomic mass is 79.9. The first-order valence-electron chi connectivity index (χ1n) is 3.04. The molecule has 0 aliphatic heterocycles. The molecule has 0 aromatic heterocycles. The molecule has 3 N–H and O–H groups in total. The molecule has 0 saturated heterocycles. The normalized spacial score (nSPS) is 11.6. The van der Waals surface area contributed by atoms with Crippen molar-refractivity contribution in [2.45, 2.75) is 4.90 Å². The largest absolute Gasteiger partial charge is 0.397 e. The topological polar surface area (TPSA) is 80.4 Å². The minimum atomic E-state index is -4.26. The highest BCUT2D eigenvalue weighted by molar-refractivity contribution is 9.11. The van der Waals surface area contributed by atoms with Crippen LogP contribution in [0.4, 0.5) is 5.69 Å². The fraction of sp³-hybridized carbons (Fsp3) is 0. The summed E-state index contributed by atoms with van der Waals surface area (Å²) in [6.07, 6.45) is 0. The summed E-state index contributed by atoms with van der Waals surface area (Å²) < 4.78 is 31.3. The van der Waals surface area contributed by atoms with E-state index in [1.807, 2.05) is 0 Å². The molecule has 13 heavy (non-hydrogen) atoms. The molecule has 0 fully saturated rings. The van der Waals surface area contributed by atoms with Gasteiger partial charge in [0.25, 0.3) is 10.1 Å². The van der Waals surface area contributed by atoms with Gasteiger partial charge in [0.2, 0.25) is 0 Å². The van der Waals surface area contributed by atoms with Crippen LogP contribution in [0.25, 0.3) is 0 Å². The fourth-order valence-corrected chi connectivity index (χ4v) is 2.95. The van der Waals surface area contributed by atoms with Gasteiger partial charge >= 0.3 is 0 Å². The van der Waals surface area contributed by atoms with Gasteiger partial charge in [-0.15, -0.1) is 0 Å². The summed E-state index contributed by atoms with van der Waals surface area (Å²) in [4.78, 5) is -0.311. The second kappa shape index (κ2) is 3.56. The van der Waals surface area contributed by atoms with Gasteiger partial charge in [0.1, 0.15) is 4.90 Å². The molecule has 0 unspecified atom stereocenters. The Hall–Kier alpha value is -0.110. The van der Waals surface area contributed by atoms with Gasteiger partial charge in [-0.25, -0.2) is 0 Å². The van der Waals surface area contributed by atoms with Crippen LogP contribution < -0.4 is 5.73 Å². The number of nitrogens with two attached hydrogens (primary N) is 1. The summed E-state index contributed by atoms with van der Waals surface area (Å²) in [6, 6.07) is 2.82. The predicted octanol–water partition coefficient (Wildman–Crippen LogP) is 2.04. The summed E-state index contributed by atoms with van der Waals surface area (Å²) in [5.41, 5.74) is 5.42. The lowest BCUT2D eigenvalue weighted by molar-refractivity contribution is 0.483. The lowest BCUT2D eigenvalue weighted by atomic mass is 10.3. The summed E-state index contributed by atoms with van der Waals surface area (Å²) >= 11 is 6.14. The molecule has 1 aromatic carbocycles. The smallest absolute Gasteiger partial charge is 0.296 e. The maximum Gasteiger partial charge on any atom is 0.296 e. The van der Waals surface area contributed by atoms with Crippen LogP contribution in [0, 0.1) is 0 Å². The van der Waals surface area contributed by atoms with Crippen LogP contribution in [-0.2, 0) is 10.1 Å². The molecule has 72 valence electrons. The lowest BCUT2D eigenvalue weighted by Gasteiger charge is -2.04. The Labute approximate surface area is 92.1 Å². The Balaban J connectivity index is 3.56. The van der Waals surface area contributed by atoms with E-state index < -0.39 is 10.1 Å². The van der Waals surface area contributed by atoms with Crippen molar-refractivity contribution in [1.29, 1.82) is 0 Å². The SMILES string of the molecule is Nc1c(Br)cc(Br)cc1S(=O)(=O)O. The summed E-state index contributed by atoms with van der Waals surface area (Å²) in [5, 5.41) is 0. The third-order valence-electron chi connectivity index (χ3n) is 1.33. The molecule has 0 heterocycles. The van der Waals surface area contributed by atoms with Crippen molar-refractivity contribution >= 4 is 47.7 Å². The Bertz CT molecular complexity index is 443. The molecule has 1 rings (SSSR count). The van der Waals surface area contributed by atoms with Gasteiger partial charge in [0.15, 0.2) is 0 Å². The highest BCUT2D eigenvalue weighted by Crippen LogP contribution is 2.30. The molecular weight excluding hydrogens is 326 g/mol. The van der Waals surface area contributed by atoms with Crippen molar-refractivity contribution in [1.82, 2.24) is 0 Å². The molecule has 4 nitrogen and oxygen atoms in total. The first kappa shape index (κ1) is 11.0. The van der Waals surface area contributed by atoms with Crippen LogP contribution in [0.3, 0.4) is 0 Å². The van der Waals surface area contributed by atoms with Gasteiger partial charge in [0.05, 0.1) is 5.69 Å². The Morgan fingerprint density at radius 3 is 2.31 bits per heavy atom. The van der Waals surface area contributed by atoms with E-state index in [1.54, 1.807) is 6.07 Å². The van der Waals surface area contributed by atoms with Crippen molar-refractivity contribution in [3.05, 3.63) is 21.1 Å². The van der Waals surface area contributed by atoms with Crippen LogP contribution in [0.1, 0.15) is 0 Å². The van der Waals surface area contributed by atoms with E-state index in [9.17, 15) is 8.42 Å². The summed E-state index contributed by atoms with van der Waals surface area (Å²) in [7, 11) is -4.26. The molecule has 7 heteroatoms. The zero-order valence-corrected chi connectivity index (χ0v) is 10.1. The minimum Gasteiger partial charge on any atom is -0.397 e. The van der Waals surface area contributed by atoms with E-state index >= 15 is 0 Å². The molecule has 0 bridgehead atoms. The van der Waals surface area contributed by atoms with Gasteiger partial charge in [-0.1, -0.05) is 15.9 Å². The quantitative estimate of drug-likeness (QED) is 0.610. The van der Waals surface area contributed by atoms with Crippen LogP contribution >= 0.6 is 31.9 Å². The van der Waals surface area contributed by atoms with E-state index in [-0.39, 0.29) is 10.6 Å². The molecule has 0 atom stereocenters. The van der Waals surface area contributed by atoms with Crippen LogP contribution in [0.5, 0.6) is 0 Å². The second-order valence-electron chi connectivity index (χ2n) is 2.27. The summed E-state index contributed by atoms with van der Waals surface area (Å²) in [5.74, 6) is 0. The number of halogens is 2. The number of benzene rings is 1. The first-order chi connectivity index (χ1) is 5.82. The number of anilines is 1. The zero-order valence-electron chi connectivity index (χ0n) is 6.16. The number of nitrogen functional groups attached to an aromatic ring is 1. The monoisotopic (exact) mass is 329 g/mol. The van der Waals surface area contributed by atoms with Crippen LogP contribution in [0.2, 0.25) is 0 Å². The van der Waals surface area contributed by atoms with E-state index in [4.69, 9.17) is 10.3 Å². The molecule has 0 radical (unpaired) electrons. The molecular formula is C6H5Br2NO3S. The van der Waals surface area contributed by atoms with E-state index in [2.05, 4.69) is 31.9 Å². The van der Waals surface area contributed by atoms with Crippen LogP contribution in [-0.4, -0.2) is 13.0 Å². The molecule has 1 aromatic rings. The number of hydrogen-bond acceptors (Lipinski definition) is 3. The minimum absolute atomic E-state index is 0.00861. The van der Waals surface area contributed by atoms with Gasteiger partial charge in [-0.2, -0.15) is 8.42 Å². The Kier molecular flexibility index (Phi) is 3.01. The average molecular weight is 331 g/mol. The standard InChI is InChI=1S/C6H5Br2NO3S/c7-3-1-4(8)6(9)5(2-3)13(10,11)12/h1-2H,9H2,(H,10,11,12). The van der Waals surface area contributed by atoms with Crippen molar-refractivity contribution in [3.63, 3.8) is 0 Å². The van der Waals surface area contributed by atoms with Crippen molar-refractivity contribution in [2.75, 3.05) is 5.73 Å². The van der Waals surface area contributed by atoms with Gasteiger partial charge in [-0.05, 0) is 28.1 Å². The van der Waals surface area contributed by atoms with E-state index in [0.29, 0.717) is 8.95 Å². The number of hydrogen-bond donors (Lipinski definition) is 2. The third kappa shape index (κ3) is 2.43. The van der Waals surface area contributed by atoms with Gasteiger partial charge in [-0.3, -0.25) is 4.55 Å². The highest BCUT2D eigenvalue weighted by Gasteiger charge is 2.16. The number of rotatable bonds is 1. The van der Waals surface area contributed by atoms with E-state index in [0.717, 1.165) is 0 Å². The molecule has 0 aliphatic rings. The molecule has 0 aliphatic carbocycles. The predicted molar refractivity (Wildman–Crippen MR) is 56.1 cm³/mol. The average Bonchev–Trinajstić information content (AvgIpc) is 1.94. The van der Waals surface area contributed by atoms with Crippen LogP contribution in [0.15, 0.2) is 26.0 Å². The fourth-order valence-electron chi connectivity index (χ4n) is 0.775. The Morgan fingerprint density at radius 2 is 1.85 bits per heavy atom. The second-order valence-corrected chi connectivity index (χ2v) is 5.43. The Morgan fingerprint density at radius 1 is 1.31 bits per heavy atom. The first-order valence-corrected chi connectivity index (χ1v) is 6.07. The van der Waals surface area contributed by atoms with Crippen molar-refractivity contribution in [3.8, 4) is 0 Å². The molecule has 0 saturated carbocycles. The van der Waals surface area contributed by atoms with E-state index in [1.165, 1.54) is 6.07 Å². The molecule has 0 amide bonds. The van der Waals surface area contributed by atoms with Gasteiger partial charge < -0.3 is 5.73 Å². The maximum atomic E-state index is 10.8. The van der Waals surface area contributed by atoms with Crippen molar-refractivity contribution in [2.24, 2.45) is 0 Å². The molecule has 0 spiro atoms. The lowest BCUT2D eigenvalue weighted by Crippen LogP contribution is -2.03. The van der Waals surface area contributed by atoms with Crippen molar-refractivity contribution < 1.29 is 13.0 Å².